The summed E-state index contributed by atoms with van der Waals surface area (Å²) in [5, 5.41) is 17.4. The zero-order chi connectivity index (χ0) is 10.7. The van der Waals surface area contributed by atoms with Crippen LogP contribution >= 0.6 is 0 Å². The molecule has 4 heteroatoms. The van der Waals surface area contributed by atoms with Gasteiger partial charge in [-0.1, -0.05) is 30.3 Å². The zero-order valence-corrected chi connectivity index (χ0v) is 7.68. The third-order valence-corrected chi connectivity index (χ3v) is 1.90. The van der Waals surface area contributed by atoms with Gasteiger partial charge in [-0.2, -0.15) is 5.26 Å². The molecule has 0 amide bonds. The second-order valence-electron chi connectivity index (χ2n) is 2.83. The predicted molar refractivity (Wildman–Crippen MR) is 57.9 cm³/mol. The lowest BCUT2D eigenvalue weighted by atomic mass is 10.2. The summed E-state index contributed by atoms with van der Waals surface area (Å²) in [6, 6.07) is 11.1. The number of hydrogen-bond acceptors (Lipinski definition) is 3. The van der Waals surface area contributed by atoms with E-state index in [4.69, 9.17) is 10.7 Å². The number of amidine groups is 1. The molecule has 2 rings (SSSR count). The topological polar surface area (TPSA) is 70.8 Å². The summed E-state index contributed by atoms with van der Waals surface area (Å²) < 4.78 is 0. The van der Waals surface area contributed by atoms with Crippen LogP contribution in [0.1, 0.15) is 5.56 Å². The minimum atomic E-state index is 0.0800. The van der Waals surface area contributed by atoms with Crippen LogP contribution in [-0.4, -0.2) is 17.4 Å². The first kappa shape index (κ1) is 9.07. The number of hydrogen-bond donors (Lipinski definition) is 0. The molecule has 4 nitrogen and oxygen atoms in total. The monoisotopic (exact) mass is 193 g/mol. The van der Waals surface area contributed by atoms with Crippen molar-refractivity contribution in [3.05, 3.63) is 47.0 Å². The lowest BCUT2D eigenvalue weighted by Crippen LogP contribution is -1.94. The third-order valence-electron chi connectivity index (χ3n) is 1.90. The Labute approximate surface area is 86.4 Å². The average molecular weight is 193 g/mol. The molecule has 0 radical (unpaired) electrons. The van der Waals surface area contributed by atoms with Gasteiger partial charge in [0.05, 0.1) is 0 Å². The van der Waals surface area contributed by atoms with E-state index in [1.165, 1.54) is 0 Å². The molecule has 0 bridgehead atoms. The van der Waals surface area contributed by atoms with Crippen molar-refractivity contribution in [2.75, 3.05) is 0 Å². The molecule has 1 aromatic carbocycles. The standard InChI is InChI=1S/C11H5N4/c12-6-9-10(7-13)15-11(14-9)8-4-2-1-3-5-8/h1-5H/q-1. The molecule has 0 saturated carbocycles. The van der Waals surface area contributed by atoms with E-state index < -0.39 is 0 Å². The lowest BCUT2D eigenvalue weighted by molar-refractivity contribution is 1.50. The highest BCUT2D eigenvalue weighted by Gasteiger charge is 2.15. The second kappa shape index (κ2) is 3.70. The van der Waals surface area contributed by atoms with E-state index in [9.17, 15) is 0 Å². The van der Waals surface area contributed by atoms with E-state index in [0.29, 0.717) is 5.84 Å². The van der Waals surface area contributed by atoms with Crippen molar-refractivity contribution in [3.8, 4) is 6.07 Å². The largest absolute Gasteiger partial charge is 0.761 e. The number of rotatable bonds is 1. The van der Waals surface area contributed by atoms with Crippen molar-refractivity contribution in [1.29, 1.82) is 5.26 Å². The minimum Gasteiger partial charge on any atom is -0.761 e. The molecule has 0 aliphatic carbocycles. The van der Waals surface area contributed by atoms with Crippen molar-refractivity contribution in [2.24, 2.45) is 9.98 Å². The number of allylic oxidation sites excluding steroid dienone is 1. The summed E-state index contributed by atoms with van der Waals surface area (Å²) in [7, 11) is 0. The number of nitriles is 1. The van der Waals surface area contributed by atoms with Gasteiger partial charge in [-0.25, -0.2) is 15.9 Å². The lowest BCUT2D eigenvalue weighted by Gasteiger charge is -1.93. The molecule has 0 fully saturated rings. The SMILES string of the molecule is N#CC1=NC(c2ccccc2)=NC1=C=[N-]. The molecule has 0 aromatic heterocycles. The minimum absolute atomic E-state index is 0.0800. The van der Waals surface area contributed by atoms with Crippen molar-refractivity contribution >= 4 is 17.4 Å². The van der Waals surface area contributed by atoms with Crippen molar-refractivity contribution < 1.29 is 0 Å². The van der Waals surface area contributed by atoms with Gasteiger partial charge in [0.25, 0.3) is 0 Å². The zero-order valence-electron chi connectivity index (χ0n) is 7.68. The van der Waals surface area contributed by atoms with Gasteiger partial charge in [-0.3, -0.25) is 0 Å². The Morgan fingerprint density at radius 1 is 1.13 bits per heavy atom. The summed E-state index contributed by atoms with van der Waals surface area (Å²) in [5.74, 6) is 2.26. The van der Waals surface area contributed by atoms with Crippen LogP contribution < -0.4 is 0 Å². The van der Waals surface area contributed by atoms with E-state index in [1.807, 2.05) is 42.3 Å². The molecule has 70 valence electrons. The molecule has 1 heterocycles. The molecule has 1 aliphatic rings. The maximum absolute atomic E-state index is 8.71. The summed E-state index contributed by atoms with van der Waals surface area (Å²) in [4.78, 5) is 7.95. The van der Waals surface area contributed by atoms with Gasteiger partial charge >= 0.3 is 0 Å². The van der Waals surface area contributed by atoms with Crippen LogP contribution in [0.5, 0.6) is 0 Å². The van der Waals surface area contributed by atoms with Crippen molar-refractivity contribution in [3.63, 3.8) is 0 Å². The van der Waals surface area contributed by atoms with E-state index in [1.54, 1.807) is 0 Å². The molecule has 0 spiro atoms. The smallest absolute Gasteiger partial charge is 0.174 e. The van der Waals surface area contributed by atoms with Crippen LogP contribution in [0.4, 0.5) is 0 Å². The highest BCUT2D eigenvalue weighted by atomic mass is 15.0. The van der Waals surface area contributed by atoms with Gasteiger partial charge in [0.1, 0.15) is 11.8 Å². The summed E-state index contributed by atoms with van der Waals surface area (Å²) in [6.07, 6.45) is 0. The van der Waals surface area contributed by atoms with Gasteiger partial charge in [0, 0.05) is 5.56 Å². The fourth-order valence-electron chi connectivity index (χ4n) is 1.21. The van der Waals surface area contributed by atoms with Crippen molar-refractivity contribution in [1.82, 2.24) is 0 Å². The van der Waals surface area contributed by atoms with Gasteiger partial charge < -0.3 is 5.41 Å². The third kappa shape index (κ3) is 1.60. The molecular formula is C11H5N4-. The molecule has 0 N–H and O–H groups in total. The molecule has 0 atom stereocenters. The van der Waals surface area contributed by atoms with Gasteiger partial charge in [-0.05, 0) is 0 Å². The van der Waals surface area contributed by atoms with E-state index in [2.05, 4.69) is 9.98 Å². The quantitative estimate of drug-likeness (QED) is 0.623. The van der Waals surface area contributed by atoms with Gasteiger partial charge in [-0.15, -0.1) is 0 Å². The Morgan fingerprint density at radius 2 is 1.87 bits per heavy atom. The van der Waals surface area contributed by atoms with E-state index in [0.717, 1.165) is 5.56 Å². The highest BCUT2D eigenvalue weighted by Crippen LogP contribution is 2.13. The molecule has 1 aromatic rings. The van der Waals surface area contributed by atoms with Crippen LogP contribution in [0.15, 0.2) is 46.0 Å². The Morgan fingerprint density at radius 3 is 2.40 bits per heavy atom. The van der Waals surface area contributed by atoms with Crippen LogP contribution in [0.2, 0.25) is 0 Å². The summed E-state index contributed by atoms with van der Waals surface area (Å²) >= 11 is 0. The molecular weight excluding hydrogens is 188 g/mol. The molecule has 1 aliphatic heterocycles. The van der Waals surface area contributed by atoms with Crippen LogP contribution in [0.25, 0.3) is 5.41 Å². The first-order chi connectivity index (χ1) is 7.35. The molecule has 0 unspecified atom stereocenters. The van der Waals surface area contributed by atoms with Gasteiger partial charge in [0.15, 0.2) is 11.5 Å². The maximum atomic E-state index is 8.71. The highest BCUT2D eigenvalue weighted by molar-refractivity contribution is 6.26. The summed E-state index contributed by atoms with van der Waals surface area (Å²) in [5.41, 5.74) is 0.961. The normalized spacial score (nSPS) is 13.9. The Bertz CT molecular complexity index is 540. The average Bonchev–Trinajstić information content (AvgIpc) is 2.73. The summed E-state index contributed by atoms with van der Waals surface area (Å²) in [6.45, 7) is 0. The fourth-order valence-corrected chi connectivity index (χ4v) is 1.21. The number of benzene rings is 1. The molecule has 15 heavy (non-hydrogen) atoms. The Balaban J connectivity index is 2.48. The van der Waals surface area contributed by atoms with Crippen LogP contribution in [0.3, 0.4) is 0 Å². The van der Waals surface area contributed by atoms with Crippen LogP contribution in [0, 0.1) is 11.3 Å². The first-order valence-electron chi connectivity index (χ1n) is 4.25. The fraction of sp³-hybridized carbons (Fsp3) is 0. The maximum Gasteiger partial charge on any atom is 0.174 e. The number of aliphatic imine (C=N–C) groups is 2. The predicted octanol–water partition coefficient (Wildman–Crippen LogP) is 1.53. The molecule has 0 saturated heterocycles. The first-order valence-corrected chi connectivity index (χ1v) is 4.25. The van der Waals surface area contributed by atoms with Crippen LogP contribution in [-0.2, 0) is 0 Å². The van der Waals surface area contributed by atoms with E-state index >= 15 is 0 Å². The Kier molecular flexibility index (Phi) is 2.24. The van der Waals surface area contributed by atoms with Crippen molar-refractivity contribution in [2.45, 2.75) is 0 Å². The van der Waals surface area contributed by atoms with E-state index in [-0.39, 0.29) is 11.4 Å². The number of nitrogens with zero attached hydrogens (tertiary/aromatic N) is 4. The second-order valence-corrected chi connectivity index (χ2v) is 2.83. The van der Waals surface area contributed by atoms with Gasteiger partial charge in [0.2, 0.25) is 0 Å². The Hall–Kier alpha value is -2.50.